The fraction of sp³-hybridized carbons (Fsp3) is 0.238. The minimum Gasteiger partial charge on any atom is -0.490 e. The van der Waals surface area contributed by atoms with Gasteiger partial charge in [-0.3, -0.25) is 0 Å². The van der Waals surface area contributed by atoms with E-state index in [4.69, 9.17) is 25.8 Å². The normalized spacial score (nSPS) is 10.9. The molecule has 7 heteroatoms. The highest BCUT2D eigenvalue weighted by molar-refractivity contribution is 14.1. The third-order valence-electron chi connectivity index (χ3n) is 3.59. The molecule has 0 amide bonds. The van der Waals surface area contributed by atoms with E-state index in [0.29, 0.717) is 28.7 Å². The van der Waals surface area contributed by atoms with Gasteiger partial charge >= 0.3 is 5.97 Å². The number of halogens is 2. The van der Waals surface area contributed by atoms with Gasteiger partial charge in [-0.2, -0.15) is 5.26 Å². The van der Waals surface area contributed by atoms with Crippen LogP contribution in [0.2, 0.25) is 5.02 Å². The van der Waals surface area contributed by atoms with Crippen LogP contribution in [0.1, 0.15) is 25.0 Å². The summed E-state index contributed by atoms with van der Waals surface area (Å²) in [5.74, 6) is 0.444. The average Bonchev–Trinajstić information content (AvgIpc) is 2.67. The van der Waals surface area contributed by atoms with Crippen LogP contribution in [0.25, 0.3) is 6.08 Å². The number of benzene rings is 2. The number of nitriles is 1. The van der Waals surface area contributed by atoms with Crippen LogP contribution in [0.3, 0.4) is 0 Å². The topological polar surface area (TPSA) is 68.6 Å². The summed E-state index contributed by atoms with van der Waals surface area (Å²) in [5.41, 5.74) is 1.42. The van der Waals surface area contributed by atoms with Crippen molar-refractivity contribution in [3.63, 3.8) is 0 Å². The fourth-order valence-corrected chi connectivity index (χ4v) is 3.32. The first kappa shape index (κ1) is 22.1. The predicted molar refractivity (Wildman–Crippen MR) is 116 cm³/mol. The summed E-state index contributed by atoms with van der Waals surface area (Å²) in [6.45, 7) is 4.49. The molecule has 0 aliphatic heterocycles. The quantitative estimate of drug-likeness (QED) is 0.206. The van der Waals surface area contributed by atoms with Crippen molar-refractivity contribution in [2.45, 2.75) is 20.5 Å². The summed E-state index contributed by atoms with van der Waals surface area (Å²) in [6, 6.07) is 12.9. The molecule has 0 unspecified atom stereocenters. The average molecular weight is 512 g/mol. The van der Waals surface area contributed by atoms with Crippen LogP contribution in [0, 0.1) is 14.9 Å². The Bertz CT molecular complexity index is 921. The van der Waals surface area contributed by atoms with Crippen molar-refractivity contribution in [2.75, 3.05) is 13.2 Å². The summed E-state index contributed by atoms with van der Waals surface area (Å²) in [4.78, 5) is 11.8. The minimum atomic E-state index is -0.656. The smallest absolute Gasteiger partial charge is 0.348 e. The summed E-state index contributed by atoms with van der Waals surface area (Å²) < 4.78 is 17.4. The highest BCUT2D eigenvalue weighted by Gasteiger charge is 2.15. The van der Waals surface area contributed by atoms with Gasteiger partial charge in [0.25, 0.3) is 0 Å². The Morgan fingerprint density at radius 1 is 1.21 bits per heavy atom. The lowest BCUT2D eigenvalue weighted by atomic mass is 10.1. The van der Waals surface area contributed by atoms with E-state index in [2.05, 4.69) is 22.6 Å². The largest absolute Gasteiger partial charge is 0.490 e. The zero-order chi connectivity index (χ0) is 20.5. The highest BCUT2D eigenvalue weighted by atomic mass is 127. The maximum absolute atomic E-state index is 11.8. The number of rotatable bonds is 8. The molecule has 28 heavy (non-hydrogen) atoms. The molecule has 0 aromatic heterocycles. The van der Waals surface area contributed by atoms with Crippen LogP contribution >= 0.6 is 34.2 Å². The molecule has 2 aromatic rings. The van der Waals surface area contributed by atoms with E-state index >= 15 is 0 Å². The van der Waals surface area contributed by atoms with Crippen molar-refractivity contribution in [3.05, 3.63) is 61.7 Å². The van der Waals surface area contributed by atoms with E-state index in [1.54, 1.807) is 19.1 Å². The predicted octanol–water partition coefficient (Wildman–Crippen LogP) is 5.39. The second-order valence-corrected chi connectivity index (χ2v) is 7.10. The molecule has 0 heterocycles. The minimum absolute atomic E-state index is 0.0789. The van der Waals surface area contributed by atoms with Crippen molar-refractivity contribution < 1.29 is 19.0 Å². The Balaban J connectivity index is 2.34. The van der Waals surface area contributed by atoms with Gasteiger partial charge in [0.1, 0.15) is 18.2 Å². The van der Waals surface area contributed by atoms with E-state index in [1.807, 2.05) is 37.3 Å². The number of hydrogen-bond acceptors (Lipinski definition) is 5. The highest BCUT2D eigenvalue weighted by Crippen LogP contribution is 2.36. The number of nitrogens with zero attached hydrogens (tertiary/aromatic N) is 1. The van der Waals surface area contributed by atoms with E-state index in [1.165, 1.54) is 6.08 Å². The molecule has 0 fully saturated rings. The van der Waals surface area contributed by atoms with Crippen LogP contribution in [0.15, 0.2) is 42.0 Å². The van der Waals surface area contributed by atoms with Gasteiger partial charge in [-0.05, 0) is 66.3 Å². The lowest BCUT2D eigenvalue weighted by molar-refractivity contribution is -0.137. The Morgan fingerprint density at radius 3 is 2.61 bits per heavy atom. The molecular weight excluding hydrogens is 493 g/mol. The Kier molecular flexibility index (Phi) is 8.61. The van der Waals surface area contributed by atoms with Gasteiger partial charge in [-0.15, -0.1) is 0 Å². The van der Waals surface area contributed by atoms with Gasteiger partial charge in [0.15, 0.2) is 11.5 Å². The molecule has 0 radical (unpaired) electrons. The molecule has 0 spiro atoms. The van der Waals surface area contributed by atoms with Crippen molar-refractivity contribution >= 4 is 46.2 Å². The number of carbonyl (C=O) groups excluding carboxylic acids is 1. The van der Waals surface area contributed by atoms with Crippen LogP contribution in [0.5, 0.6) is 11.5 Å². The Morgan fingerprint density at radius 2 is 1.96 bits per heavy atom. The van der Waals surface area contributed by atoms with Crippen molar-refractivity contribution in [1.29, 1.82) is 5.26 Å². The van der Waals surface area contributed by atoms with E-state index in [9.17, 15) is 10.1 Å². The number of hydrogen-bond donors (Lipinski definition) is 0. The third-order valence-corrected chi connectivity index (χ3v) is 4.76. The van der Waals surface area contributed by atoms with Gasteiger partial charge in [-0.25, -0.2) is 4.79 Å². The fourth-order valence-electron chi connectivity index (χ4n) is 2.35. The SMILES string of the molecule is CCOC(=O)/C(C#N)=C\c1cc(I)c(OCc2ccccc2Cl)c(OCC)c1. The van der Waals surface area contributed by atoms with Gasteiger partial charge in [-0.1, -0.05) is 29.8 Å². The maximum Gasteiger partial charge on any atom is 0.348 e. The van der Waals surface area contributed by atoms with Crippen LogP contribution < -0.4 is 9.47 Å². The van der Waals surface area contributed by atoms with Crippen LogP contribution in [-0.4, -0.2) is 19.2 Å². The Hall–Kier alpha value is -2.24. The lowest BCUT2D eigenvalue weighted by Crippen LogP contribution is -2.06. The summed E-state index contributed by atoms with van der Waals surface area (Å²) in [6.07, 6.45) is 1.47. The van der Waals surface area contributed by atoms with Crippen molar-refractivity contribution in [1.82, 2.24) is 0 Å². The molecule has 5 nitrogen and oxygen atoms in total. The monoisotopic (exact) mass is 511 g/mol. The van der Waals surface area contributed by atoms with Gasteiger partial charge in [0.05, 0.1) is 16.8 Å². The third kappa shape index (κ3) is 5.88. The number of ether oxygens (including phenoxy) is 3. The molecule has 0 saturated carbocycles. The lowest BCUT2D eigenvalue weighted by Gasteiger charge is -2.15. The van der Waals surface area contributed by atoms with E-state index in [0.717, 1.165) is 9.13 Å². The Labute approximate surface area is 183 Å². The molecule has 2 aromatic carbocycles. The maximum atomic E-state index is 11.8. The van der Waals surface area contributed by atoms with E-state index in [-0.39, 0.29) is 18.8 Å². The van der Waals surface area contributed by atoms with Crippen LogP contribution in [0.4, 0.5) is 0 Å². The summed E-state index contributed by atoms with van der Waals surface area (Å²) >= 11 is 8.32. The molecule has 0 N–H and O–H groups in total. The van der Waals surface area contributed by atoms with Gasteiger partial charge < -0.3 is 14.2 Å². The molecule has 0 bridgehead atoms. The van der Waals surface area contributed by atoms with Crippen molar-refractivity contribution in [3.8, 4) is 17.6 Å². The molecule has 146 valence electrons. The summed E-state index contributed by atoms with van der Waals surface area (Å²) in [7, 11) is 0. The second-order valence-electron chi connectivity index (χ2n) is 5.53. The first-order chi connectivity index (χ1) is 13.5. The molecule has 0 saturated heterocycles. The first-order valence-corrected chi connectivity index (χ1v) is 10.1. The molecule has 0 atom stereocenters. The second kappa shape index (κ2) is 10.9. The number of esters is 1. The molecular formula is C21H19ClINO4. The first-order valence-electron chi connectivity index (χ1n) is 8.61. The molecule has 0 aliphatic rings. The van der Waals surface area contributed by atoms with Gasteiger partial charge in [0, 0.05) is 10.6 Å². The van der Waals surface area contributed by atoms with Crippen LogP contribution in [-0.2, 0) is 16.1 Å². The zero-order valence-corrected chi connectivity index (χ0v) is 18.4. The molecule has 0 aliphatic carbocycles. The van der Waals surface area contributed by atoms with E-state index < -0.39 is 5.97 Å². The standard InChI is InChI=1S/C21H19ClINO4/c1-3-26-19-11-14(9-16(12-24)21(25)27-4-2)10-18(23)20(19)28-13-15-7-5-6-8-17(15)22/h5-11H,3-4,13H2,1-2H3/b16-9-. The molecule has 2 rings (SSSR count). The zero-order valence-electron chi connectivity index (χ0n) is 15.5. The van der Waals surface area contributed by atoms with Gasteiger partial charge in [0.2, 0.25) is 0 Å². The summed E-state index contributed by atoms with van der Waals surface area (Å²) in [5, 5.41) is 9.86. The number of carbonyl (C=O) groups is 1. The van der Waals surface area contributed by atoms with Crippen molar-refractivity contribution in [2.24, 2.45) is 0 Å².